The van der Waals surface area contributed by atoms with Crippen molar-refractivity contribution in [1.82, 2.24) is 19.4 Å². The predicted octanol–water partition coefficient (Wildman–Crippen LogP) is 5.11. The average Bonchev–Trinajstić information content (AvgIpc) is 3.32. The van der Waals surface area contributed by atoms with Gasteiger partial charge in [0.05, 0.1) is 40.4 Å². The van der Waals surface area contributed by atoms with Crippen molar-refractivity contribution in [3.05, 3.63) is 83.4 Å². The minimum absolute atomic E-state index is 0.206. The molecule has 6 rings (SSSR count). The summed E-state index contributed by atoms with van der Waals surface area (Å²) in [6.45, 7) is 5.46. The fraction of sp³-hybridized carbons (Fsp3) is 0.276. The van der Waals surface area contributed by atoms with Crippen molar-refractivity contribution in [2.75, 3.05) is 23.3 Å². The largest absolute Gasteiger partial charge is 0.390 e. The van der Waals surface area contributed by atoms with Crippen molar-refractivity contribution < 1.29 is 9.50 Å². The van der Waals surface area contributed by atoms with E-state index in [1.165, 1.54) is 12.1 Å². The van der Waals surface area contributed by atoms with E-state index in [1.54, 1.807) is 23.0 Å². The number of imidazole rings is 1. The van der Waals surface area contributed by atoms with Crippen LogP contribution in [0.3, 0.4) is 0 Å². The van der Waals surface area contributed by atoms with Gasteiger partial charge in [0.1, 0.15) is 17.3 Å². The number of aliphatic hydroxyl groups is 1. The molecule has 8 nitrogen and oxygen atoms in total. The van der Waals surface area contributed by atoms with Crippen LogP contribution in [0.15, 0.2) is 72.0 Å². The van der Waals surface area contributed by atoms with Crippen LogP contribution >= 0.6 is 0 Å². The molecule has 5 heterocycles. The number of aromatic amines is 1. The highest BCUT2D eigenvalue weighted by molar-refractivity contribution is 6.03. The lowest BCUT2D eigenvalue weighted by atomic mass is 9.84. The number of nitrogens with zero attached hydrogens (tertiary/aromatic N) is 4. The van der Waals surface area contributed by atoms with Gasteiger partial charge >= 0.3 is 0 Å². The lowest BCUT2D eigenvalue weighted by Gasteiger charge is -2.39. The SMILES string of the molecule is CC(C)(O)C1CCCN(c2ccc(Nc3ccc(-c4cnc5cc(F)ccn45)c4cc[nH]c(=O)c34)nc2)C1. The maximum absolute atomic E-state index is 13.7. The molecule has 194 valence electrons. The number of halogens is 1. The summed E-state index contributed by atoms with van der Waals surface area (Å²) in [5, 5.41) is 15.0. The maximum atomic E-state index is 13.7. The lowest BCUT2D eigenvalue weighted by molar-refractivity contribution is 0.0110. The number of fused-ring (bicyclic) bond motifs is 2. The first-order valence-corrected chi connectivity index (χ1v) is 12.8. The van der Waals surface area contributed by atoms with E-state index < -0.39 is 5.60 Å². The average molecular weight is 513 g/mol. The molecule has 0 amide bonds. The topological polar surface area (TPSA) is 98.5 Å². The van der Waals surface area contributed by atoms with E-state index in [-0.39, 0.29) is 17.3 Å². The number of hydrogen-bond acceptors (Lipinski definition) is 6. The molecule has 5 aromatic rings. The Morgan fingerprint density at radius 3 is 2.79 bits per heavy atom. The number of nitrogens with one attached hydrogen (secondary N) is 2. The van der Waals surface area contributed by atoms with Gasteiger partial charge in [0, 0.05) is 48.4 Å². The van der Waals surface area contributed by atoms with Gasteiger partial charge in [-0.2, -0.15) is 0 Å². The van der Waals surface area contributed by atoms with Crippen molar-refractivity contribution in [2.24, 2.45) is 5.92 Å². The molecular weight excluding hydrogens is 483 g/mol. The molecule has 0 bridgehead atoms. The van der Waals surface area contributed by atoms with E-state index in [0.717, 1.165) is 48.3 Å². The first-order chi connectivity index (χ1) is 18.3. The van der Waals surface area contributed by atoms with Crippen LogP contribution in [0.2, 0.25) is 0 Å². The van der Waals surface area contributed by atoms with Gasteiger partial charge in [-0.05, 0) is 57.0 Å². The van der Waals surface area contributed by atoms with Gasteiger partial charge in [0.15, 0.2) is 0 Å². The number of benzene rings is 1. The number of piperidine rings is 1. The van der Waals surface area contributed by atoms with Gasteiger partial charge in [-0.3, -0.25) is 9.20 Å². The summed E-state index contributed by atoms with van der Waals surface area (Å²) >= 11 is 0. The second-order valence-electron chi connectivity index (χ2n) is 10.4. The smallest absolute Gasteiger partial charge is 0.257 e. The predicted molar refractivity (Wildman–Crippen MR) is 147 cm³/mol. The van der Waals surface area contributed by atoms with Gasteiger partial charge < -0.3 is 20.3 Å². The van der Waals surface area contributed by atoms with E-state index in [1.807, 2.05) is 50.4 Å². The number of pyridine rings is 3. The third-order valence-electron chi connectivity index (χ3n) is 7.48. The number of H-pyrrole nitrogens is 1. The summed E-state index contributed by atoms with van der Waals surface area (Å²) < 4.78 is 15.5. The molecule has 0 aliphatic carbocycles. The van der Waals surface area contributed by atoms with Crippen molar-refractivity contribution in [2.45, 2.75) is 32.3 Å². The summed E-state index contributed by atoms with van der Waals surface area (Å²) in [5.41, 5.74) is 2.76. The highest BCUT2D eigenvalue weighted by atomic mass is 19.1. The maximum Gasteiger partial charge on any atom is 0.257 e. The highest BCUT2D eigenvalue weighted by Gasteiger charge is 2.31. The lowest BCUT2D eigenvalue weighted by Crippen LogP contribution is -2.44. The molecule has 0 spiro atoms. The molecule has 1 unspecified atom stereocenters. The minimum Gasteiger partial charge on any atom is -0.390 e. The standard InChI is InChI=1S/C29H29FN6O2/c1-29(2,38)18-4-3-12-35(17-18)20-5-8-25(32-15-20)34-23-7-6-21(22-9-11-31-28(37)27(22)23)24-16-33-26-14-19(30)10-13-36(24)26/h5-11,13-16,18,38H,3-4,12,17H2,1-2H3,(H,31,37)(H,32,34). The number of anilines is 3. The van der Waals surface area contributed by atoms with Crippen molar-refractivity contribution >= 4 is 33.6 Å². The summed E-state index contributed by atoms with van der Waals surface area (Å²) in [7, 11) is 0. The first kappa shape index (κ1) is 24.1. The Hall–Kier alpha value is -4.24. The van der Waals surface area contributed by atoms with Gasteiger partial charge in [0.2, 0.25) is 0 Å². The van der Waals surface area contributed by atoms with E-state index >= 15 is 0 Å². The Balaban J connectivity index is 1.32. The molecule has 38 heavy (non-hydrogen) atoms. The first-order valence-electron chi connectivity index (χ1n) is 12.8. The zero-order chi connectivity index (χ0) is 26.4. The van der Waals surface area contributed by atoms with E-state index in [4.69, 9.17) is 0 Å². The molecule has 1 atom stereocenters. The second kappa shape index (κ2) is 9.25. The van der Waals surface area contributed by atoms with E-state index in [2.05, 4.69) is 25.2 Å². The Morgan fingerprint density at radius 1 is 1.13 bits per heavy atom. The molecule has 0 radical (unpaired) electrons. The Labute approximate surface area is 218 Å². The number of hydrogen-bond donors (Lipinski definition) is 3. The van der Waals surface area contributed by atoms with Gasteiger partial charge in [-0.1, -0.05) is 6.07 Å². The van der Waals surface area contributed by atoms with Crippen LogP contribution in [0.25, 0.3) is 27.7 Å². The van der Waals surface area contributed by atoms with Gasteiger partial charge in [0.25, 0.3) is 5.56 Å². The van der Waals surface area contributed by atoms with E-state index in [0.29, 0.717) is 22.5 Å². The molecule has 1 saturated heterocycles. The molecule has 1 aromatic carbocycles. The summed E-state index contributed by atoms with van der Waals surface area (Å²) in [5.74, 6) is 0.469. The molecule has 0 saturated carbocycles. The van der Waals surface area contributed by atoms with Crippen molar-refractivity contribution in [1.29, 1.82) is 0 Å². The third-order valence-corrected chi connectivity index (χ3v) is 7.48. The molecule has 1 aliphatic heterocycles. The number of rotatable bonds is 5. The van der Waals surface area contributed by atoms with Crippen LogP contribution in [-0.2, 0) is 0 Å². The monoisotopic (exact) mass is 512 g/mol. The summed E-state index contributed by atoms with van der Waals surface area (Å²) in [6, 6.07) is 12.3. The second-order valence-corrected chi connectivity index (χ2v) is 10.4. The van der Waals surface area contributed by atoms with Gasteiger partial charge in [-0.15, -0.1) is 0 Å². The zero-order valence-electron chi connectivity index (χ0n) is 21.3. The van der Waals surface area contributed by atoms with Crippen LogP contribution in [0.1, 0.15) is 26.7 Å². The van der Waals surface area contributed by atoms with Crippen LogP contribution in [0.5, 0.6) is 0 Å². The molecule has 9 heteroatoms. The fourth-order valence-corrected chi connectivity index (χ4v) is 5.37. The van der Waals surface area contributed by atoms with Crippen molar-refractivity contribution in [3.8, 4) is 11.3 Å². The minimum atomic E-state index is -0.715. The Morgan fingerprint density at radius 2 is 2.00 bits per heavy atom. The quantitative estimate of drug-likeness (QED) is 0.303. The third kappa shape index (κ3) is 4.39. The molecular formula is C29H29FN6O2. The van der Waals surface area contributed by atoms with Crippen LogP contribution in [-0.4, -0.2) is 43.1 Å². The summed E-state index contributed by atoms with van der Waals surface area (Å²) in [4.78, 5) is 27.0. The highest BCUT2D eigenvalue weighted by Crippen LogP contribution is 2.34. The van der Waals surface area contributed by atoms with E-state index in [9.17, 15) is 14.3 Å². The Kier molecular flexibility index (Phi) is 5.87. The Bertz CT molecular complexity index is 1690. The van der Waals surface area contributed by atoms with Crippen molar-refractivity contribution in [3.63, 3.8) is 0 Å². The fourth-order valence-electron chi connectivity index (χ4n) is 5.37. The number of aromatic nitrogens is 4. The zero-order valence-corrected chi connectivity index (χ0v) is 21.3. The van der Waals surface area contributed by atoms with Crippen LogP contribution in [0.4, 0.5) is 21.6 Å². The van der Waals surface area contributed by atoms with Gasteiger partial charge in [-0.25, -0.2) is 14.4 Å². The molecule has 1 fully saturated rings. The molecule has 4 aromatic heterocycles. The van der Waals surface area contributed by atoms with Crippen LogP contribution in [0, 0.1) is 11.7 Å². The molecule has 3 N–H and O–H groups in total. The molecule has 1 aliphatic rings. The normalized spacial score (nSPS) is 16.3. The summed E-state index contributed by atoms with van der Waals surface area (Å²) in [6.07, 6.45) is 8.80. The van der Waals surface area contributed by atoms with Crippen LogP contribution < -0.4 is 15.8 Å².